The first-order valence-corrected chi connectivity index (χ1v) is 5.72. The monoisotopic (exact) mass is 253 g/mol. The lowest BCUT2D eigenvalue weighted by atomic mass is 10.0. The highest BCUT2D eigenvalue weighted by atomic mass is 35.5. The van der Waals surface area contributed by atoms with Gasteiger partial charge in [-0.05, 0) is 37.2 Å². The number of hydrogen-bond acceptors (Lipinski definition) is 2. The number of rotatable bonds is 4. The average molecular weight is 254 g/mol. The Labute approximate surface area is 104 Å². The van der Waals surface area contributed by atoms with E-state index in [2.05, 4.69) is 5.32 Å². The van der Waals surface area contributed by atoms with E-state index in [1.165, 1.54) is 6.07 Å². The average Bonchev–Trinajstić information content (AvgIpc) is 2.81. The van der Waals surface area contributed by atoms with Crippen LogP contribution in [0.15, 0.2) is 41.2 Å². The highest BCUT2D eigenvalue weighted by molar-refractivity contribution is 6.30. The fourth-order valence-corrected chi connectivity index (χ4v) is 1.93. The molecule has 2 rings (SSSR count). The molecule has 1 aromatic heterocycles. The molecular weight excluding hydrogens is 241 g/mol. The van der Waals surface area contributed by atoms with Crippen LogP contribution >= 0.6 is 11.6 Å². The van der Waals surface area contributed by atoms with E-state index >= 15 is 0 Å². The van der Waals surface area contributed by atoms with Crippen molar-refractivity contribution in [3.63, 3.8) is 0 Å². The molecule has 0 fully saturated rings. The van der Waals surface area contributed by atoms with Crippen LogP contribution in [0.4, 0.5) is 4.39 Å². The predicted molar refractivity (Wildman–Crippen MR) is 65.6 cm³/mol. The zero-order valence-corrected chi connectivity index (χ0v) is 10.2. The molecule has 0 spiro atoms. The van der Waals surface area contributed by atoms with E-state index in [1.54, 1.807) is 24.7 Å². The smallest absolute Gasteiger partial charge is 0.127 e. The third-order valence-electron chi connectivity index (χ3n) is 2.73. The molecule has 2 aromatic rings. The molecule has 4 heteroatoms. The van der Waals surface area contributed by atoms with Gasteiger partial charge >= 0.3 is 0 Å². The largest absolute Gasteiger partial charge is 0.472 e. The molecule has 1 aromatic carbocycles. The van der Waals surface area contributed by atoms with Crippen LogP contribution in [0.2, 0.25) is 5.02 Å². The zero-order chi connectivity index (χ0) is 12.3. The summed E-state index contributed by atoms with van der Waals surface area (Å²) in [5.74, 6) is -0.277. The van der Waals surface area contributed by atoms with Crippen LogP contribution < -0.4 is 5.32 Å². The molecule has 0 aliphatic rings. The Morgan fingerprint density at radius 1 is 1.41 bits per heavy atom. The Morgan fingerprint density at radius 2 is 2.24 bits per heavy atom. The molecule has 0 radical (unpaired) electrons. The van der Waals surface area contributed by atoms with Gasteiger partial charge in [0.1, 0.15) is 5.82 Å². The summed E-state index contributed by atoms with van der Waals surface area (Å²) < 4.78 is 18.7. The maximum absolute atomic E-state index is 13.7. The van der Waals surface area contributed by atoms with Crippen molar-refractivity contribution < 1.29 is 8.81 Å². The minimum absolute atomic E-state index is 0.0319. The van der Waals surface area contributed by atoms with Gasteiger partial charge in [-0.3, -0.25) is 0 Å². The molecule has 0 bridgehead atoms. The summed E-state index contributed by atoms with van der Waals surface area (Å²) in [7, 11) is 1.84. The van der Waals surface area contributed by atoms with Crippen molar-refractivity contribution in [2.24, 2.45) is 0 Å². The molecule has 1 N–H and O–H groups in total. The quantitative estimate of drug-likeness (QED) is 0.901. The Balaban J connectivity index is 2.19. The van der Waals surface area contributed by atoms with E-state index in [-0.39, 0.29) is 11.9 Å². The highest BCUT2D eigenvalue weighted by Gasteiger charge is 2.13. The number of nitrogens with one attached hydrogen (secondary N) is 1. The first kappa shape index (κ1) is 12.1. The number of halogens is 2. The molecule has 0 amide bonds. The van der Waals surface area contributed by atoms with Crippen molar-refractivity contribution in [2.45, 2.75) is 12.5 Å². The summed E-state index contributed by atoms with van der Waals surface area (Å²) in [6.07, 6.45) is 3.83. The highest BCUT2D eigenvalue weighted by Crippen LogP contribution is 2.22. The van der Waals surface area contributed by atoms with E-state index in [1.807, 2.05) is 13.1 Å². The number of hydrogen-bond donors (Lipinski definition) is 1. The molecular formula is C13H13ClFNO. The SMILES string of the molecule is CNC(Cc1ccc(Cl)cc1F)c1ccoc1. The third kappa shape index (κ3) is 2.87. The number of furan rings is 1. The second-order valence-electron chi connectivity index (χ2n) is 3.84. The van der Waals surface area contributed by atoms with Crippen molar-refractivity contribution in [1.82, 2.24) is 5.32 Å². The molecule has 17 heavy (non-hydrogen) atoms. The standard InChI is InChI=1S/C13H13ClFNO/c1-16-13(10-4-5-17-8-10)6-9-2-3-11(14)7-12(9)15/h2-5,7-8,13,16H,6H2,1H3. The second-order valence-corrected chi connectivity index (χ2v) is 4.27. The summed E-state index contributed by atoms with van der Waals surface area (Å²) in [5, 5.41) is 3.55. The molecule has 0 aliphatic carbocycles. The van der Waals surface area contributed by atoms with E-state index in [0.717, 1.165) is 5.56 Å². The van der Waals surface area contributed by atoms with Crippen LogP contribution in [0.25, 0.3) is 0 Å². The lowest BCUT2D eigenvalue weighted by Gasteiger charge is -2.14. The minimum atomic E-state index is -0.277. The first-order chi connectivity index (χ1) is 8.20. The van der Waals surface area contributed by atoms with Gasteiger partial charge in [0.25, 0.3) is 0 Å². The van der Waals surface area contributed by atoms with Crippen molar-refractivity contribution in [3.05, 3.63) is 58.8 Å². The van der Waals surface area contributed by atoms with Gasteiger partial charge in [-0.15, -0.1) is 0 Å². The minimum Gasteiger partial charge on any atom is -0.472 e. The Kier molecular flexibility index (Phi) is 3.82. The normalized spacial score (nSPS) is 12.6. The van der Waals surface area contributed by atoms with Crippen LogP contribution in [0.3, 0.4) is 0 Å². The Hall–Kier alpha value is -1.32. The summed E-state index contributed by atoms with van der Waals surface area (Å²) in [5.41, 5.74) is 1.64. The van der Waals surface area contributed by atoms with E-state index in [4.69, 9.17) is 16.0 Å². The van der Waals surface area contributed by atoms with Crippen molar-refractivity contribution in [3.8, 4) is 0 Å². The Morgan fingerprint density at radius 3 is 2.82 bits per heavy atom. The molecule has 0 aliphatic heterocycles. The third-order valence-corrected chi connectivity index (χ3v) is 2.97. The van der Waals surface area contributed by atoms with Gasteiger partial charge in [-0.2, -0.15) is 0 Å². The fourth-order valence-electron chi connectivity index (χ4n) is 1.77. The molecule has 1 unspecified atom stereocenters. The molecule has 0 saturated carbocycles. The Bertz CT molecular complexity index is 484. The zero-order valence-electron chi connectivity index (χ0n) is 9.41. The number of likely N-dealkylation sites (N-methyl/N-ethyl adjacent to an activating group) is 1. The molecule has 2 nitrogen and oxygen atoms in total. The van der Waals surface area contributed by atoms with Crippen LogP contribution in [0.5, 0.6) is 0 Å². The summed E-state index contributed by atoms with van der Waals surface area (Å²) in [6.45, 7) is 0. The van der Waals surface area contributed by atoms with Gasteiger partial charge < -0.3 is 9.73 Å². The van der Waals surface area contributed by atoms with E-state index in [0.29, 0.717) is 17.0 Å². The van der Waals surface area contributed by atoms with E-state index < -0.39 is 0 Å². The summed E-state index contributed by atoms with van der Waals surface area (Å²) in [6, 6.07) is 6.64. The fraction of sp³-hybridized carbons (Fsp3) is 0.231. The van der Waals surface area contributed by atoms with Gasteiger partial charge in [0, 0.05) is 16.6 Å². The lowest BCUT2D eigenvalue weighted by molar-refractivity contribution is 0.531. The van der Waals surface area contributed by atoms with Crippen LogP contribution in [-0.4, -0.2) is 7.05 Å². The second kappa shape index (κ2) is 5.34. The topological polar surface area (TPSA) is 25.2 Å². The maximum atomic E-state index is 13.7. The number of benzene rings is 1. The molecule has 90 valence electrons. The van der Waals surface area contributed by atoms with Crippen molar-refractivity contribution >= 4 is 11.6 Å². The van der Waals surface area contributed by atoms with E-state index in [9.17, 15) is 4.39 Å². The predicted octanol–water partition coefficient (Wildman–Crippen LogP) is 3.58. The maximum Gasteiger partial charge on any atom is 0.127 e. The molecule has 1 atom stereocenters. The first-order valence-electron chi connectivity index (χ1n) is 5.34. The van der Waals surface area contributed by atoms with Crippen LogP contribution in [-0.2, 0) is 6.42 Å². The van der Waals surface area contributed by atoms with Gasteiger partial charge in [-0.1, -0.05) is 17.7 Å². The summed E-state index contributed by atoms with van der Waals surface area (Å²) >= 11 is 5.72. The molecule has 1 heterocycles. The van der Waals surface area contributed by atoms with Gasteiger partial charge in [0.2, 0.25) is 0 Å². The molecule has 0 saturated heterocycles. The lowest BCUT2D eigenvalue weighted by Crippen LogP contribution is -2.18. The van der Waals surface area contributed by atoms with Crippen LogP contribution in [0.1, 0.15) is 17.2 Å². The van der Waals surface area contributed by atoms with Crippen molar-refractivity contribution in [1.29, 1.82) is 0 Å². The summed E-state index contributed by atoms with van der Waals surface area (Å²) in [4.78, 5) is 0. The van der Waals surface area contributed by atoms with Gasteiger partial charge in [-0.25, -0.2) is 4.39 Å². The van der Waals surface area contributed by atoms with Gasteiger partial charge in [0.05, 0.1) is 12.5 Å². The van der Waals surface area contributed by atoms with Gasteiger partial charge in [0.15, 0.2) is 0 Å². The van der Waals surface area contributed by atoms with Crippen molar-refractivity contribution in [2.75, 3.05) is 7.05 Å². The van der Waals surface area contributed by atoms with Crippen LogP contribution in [0, 0.1) is 5.82 Å².